The lowest BCUT2D eigenvalue weighted by atomic mass is 9.85. The Morgan fingerprint density at radius 2 is 1.86 bits per heavy atom. The van der Waals surface area contributed by atoms with Crippen LogP contribution in [0.4, 0.5) is 4.39 Å². The van der Waals surface area contributed by atoms with Crippen molar-refractivity contribution in [2.45, 2.75) is 18.6 Å². The second-order valence-electron chi connectivity index (χ2n) is 6.21. The van der Waals surface area contributed by atoms with Crippen molar-refractivity contribution in [3.63, 3.8) is 0 Å². The molecule has 0 aromatic heterocycles. The minimum atomic E-state index is -2.39. The van der Waals surface area contributed by atoms with Gasteiger partial charge in [-0.3, -0.25) is 9.59 Å². The van der Waals surface area contributed by atoms with Crippen molar-refractivity contribution in [2.24, 2.45) is 5.73 Å². The number of rotatable bonds is 8. The summed E-state index contributed by atoms with van der Waals surface area (Å²) in [6, 6.07) is 9.44. The molecule has 2 aromatic rings. The molecule has 154 valence electrons. The lowest BCUT2D eigenvalue weighted by Gasteiger charge is -2.28. The summed E-state index contributed by atoms with van der Waals surface area (Å²) in [4.78, 5) is 36.0. The van der Waals surface area contributed by atoms with Gasteiger partial charge in [0.15, 0.2) is 11.6 Å². The predicted octanol–water partition coefficient (Wildman–Crippen LogP) is 0.603. The number of hydrogen-bond acceptors (Lipinski definition) is 6. The number of benzene rings is 2. The number of methoxy groups -OCH3 is 1. The van der Waals surface area contributed by atoms with Gasteiger partial charge in [0.1, 0.15) is 11.6 Å². The third-order valence-electron chi connectivity index (χ3n) is 4.09. The zero-order valence-corrected chi connectivity index (χ0v) is 15.8. The molecule has 1 unspecified atom stereocenters. The zero-order valence-electron chi connectivity index (χ0n) is 15.8. The van der Waals surface area contributed by atoms with E-state index in [2.05, 4.69) is 5.32 Å². The molecule has 9 heteroatoms. The summed E-state index contributed by atoms with van der Waals surface area (Å²) in [5.74, 6) is -3.84. The van der Waals surface area contributed by atoms with Crippen LogP contribution in [0.25, 0.3) is 0 Å². The van der Waals surface area contributed by atoms with Crippen LogP contribution in [-0.2, 0) is 24.7 Å². The number of carbonyl (C=O) groups is 3. The van der Waals surface area contributed by atoms with E-state index in [1.54, 1.807) is 18.2 Å². The van der Waals surface area contributed by atoms with Crippen LogP contribution in [0.5, 0.6) is 5.75 Å². The number of halogens is 1. The highest BCUT2D eigenvalue weighted by molar-refractivity contribution is 5.90. The Hall–Kier alpha value is -3.30. The number of nitrogens with two attached hydrogens (primary N) is 1. The van der Waals surface area contributed by atoms with E-state index in [4.69, 9.17) is 15.2 Å². The highest BCUT2D eigenvalue weighted by Crippen LogP contribution is 2.36. The van der Waals surface area contributed by atoms with Crippen LogP contribution in [0.3, 0.4) is 0 Å². The molecule has 0 saturated heterocycles. The molecule has 2 rings (SSSR count). The monoisotopic (exact) mass is 404 g/mol. The molecule has 0 saturated carbocycles. The fourth-order valence-corrected chi connectivity index (χ4v) is 2.75. The Morgan fingerprint density at radius 1 is 1.21 bits per heavy atom. The first-order valence-electron chi connectivity index (χ1n) is 8.55. The summed E-state index contributed by atoms with van der Waals surface area (Å²) in [6.07, 6.45) is 0. The van der Waals surface area contributed by atoms with Gasteiger partial charge in [0.2, 0.25) is 5.91 Å². The van der Waals surface area contributed by atoms with Crippen molar-refractivity contribution in [3.05, 3.63) is 65.5 Å². The van der Waals surface area contributed by atoms with Gasteiger partial charge in [0.25, 0.3) is 5.91 Å². The van der Waals surface area contributed by atoms with Gasteiger partial charge >= 0.3 is 5.97 Å². The average Bonchev–Trinajstić information content (AvgIpc) is 2.67. The summed E-state index contributed by atoms with van der Waals surface area (Å²) < 4.78 is 24.0. The van der Waals surface area contributed by atoms with Crippen molar-refractivity contribution >= 4 is 17.8 Å². The van der Waals surface area contributed by atoms with Crippen LogP contribution in [0.1, 0.15) is 18.1 Å². The Bertz CT molecular complexity index is 905. The third kappa shape index (κ3) is 4.95. The number of carbonyl (C=O) groups excluding carboxylic acids is 3. The van der Waals surface area contributed by atoms with E-state index < -0.39 is 41.0 Å². The molecule has 0 bridgehead atoms. The van der Waals surface area contributed by atoms with E-state index in [-0.39, 0.29) is 17.7 Å². The van der Waals surface area contributed by atoms with Gasteiger partial charge in [0.05, 0.1) is 6.61 Å². The first kappa shape index (κ1) is 22.0. The Balaban J connectivity index is 2.51. The fourth-order valence-electron chi connectivity index (χ4n) is 2.75. The highest BCUT2D eigenvalue weighted by Gasteiger charge is 2.41. The van der Waals surface area contributed by atoms with Gasteiger partial charge < -0.3 is 25.6 Å². The first-order chi connectivity index (χ1) is 13.7. The summed E-state index contributed by atoms with van der Waals surface area (Å²) in [5, 5.41) is 13.5. The molecule has 0 aliphatic rings. The van der Waals surface area contributed by atoms with Gasteiger partial charge in [-0.25, -0.2) is 9.18 Å². The first-order valence-corrected chi connectivity index (χ1v) is 8.55. The van der Waals surface area contributed by atoms with Crippen LogP contribution < -0.4 is 15.8 Å². The van der Waals surface area contributed by atoms with E-state index in [1.165, 1.54) is 26.2 Å². The second kappa shape index (κ2) is 9.26. The molecule has 4 N–H and O–H groups in total. The van der Waals surface area contributed by atoms with Gasteiger partial charge in [0, 0.05) is 25.7 Å². The lowest BCUT2D eigenvalue weighted by molar-refractivity contribution is -0.141. The maximum absolute atomic E-state index is 13.9. The van der Waals surface area contributed by atoms with Crippen molar-refractivity contribution in [1.82, 2.24) is 5.32 Å². The molecule has 29 heavy (non-hydrogen) atoms. The van der Waals surface area contributed by atoms with E-state index in [9.17, 15) is 23.9 Å². The van der Waals surface area contributed by atoms with Gasteiger partial charge in [-0.1, -0.05) is 30.3 Å². The topological polar surface area (TPSA) is 128 Å². The Kier molecular flexibility index (Phi) is 7.03. The van der Waals surface area contributed by atoms with Crippen molar-refractivity contribution in [1.29, 1.82) is 0 Å². The molecule has 0 spiro atoms. The van der Waals surface area contributed by atoms with E-state index in [0.717, 1.165) is 18.2 Å². The minimum Gasteiger partial charge on any atom is -0.424 e. The van der Waals surface area contributed by atoms with E-state index in [1.807, 2.05) is 0 Å². The molecule has 2 amide bonds. The summed E-state index contributed by atoms with van der Waals surface area (Å²) in [6.45, 7) is 0.993. The fraction of sp³-hybridized carbons (Fsp3) is 0.250. The maximum atomic E-state index is 13.9. The summed E-state index contributed by atoms with van der Waals surface area (Å²) in [5.41, 5.74) is 2.92. The molecular formula is C20H21FN2O6. The quantitative estimate of drug-likeness (QED) is 0.437. The van der Waals surface area contributed by atoms with Crippen molar-refractivity contribution < 1.29 is 33.4 Å². The minimum absolute atomic E-state index is 0.103. The standard InChI is InChI=1S/C20H21FN2O6/c1-12(24)23-16(11-28-2)18(25)29-17-10-14(21)8-9-15(17)20(27,19(22)26)13-6-4-3-5-7-13/h3-10,16,27H,11H2,1-2H3,(H2,22,26)(H,23,24)/t16-,20?/m1/s1. The number of ether oxygens (including phenoxy) is 2. The molecule has 2 aromatic carbocycles. The summed E-state index contributed by atoms with van der Waals surface area (Å²) >= 11 is 0. The number of esters is 1. The Morgan fingerprint density at radius 3 is 2.41 bits per heavy atom. The zero-order chi connectivity index (χ0) is 21.6. The normalized spacial score (nSPS) is 13.8. The van der Waals surface area contributed by atoms with Crippen molar-refractivity contribution in [2.75, 3.05) is 13.7 Å². The molecule has 0 heterocycles. The molecular weight excluding hydrogens is 383 g/mol. The smallest absolute Gasteiger partial charge is 0.336 e. The number of primary amides is 1. The van der Waals surface area contributed by atoms with Gasteiger partial charge in [-0.15, -0.1) is 0 Å². The SMILES string of the molecule is COC[C@@H](NC(C)=O)C(=O)Oc1cc(F)ccc1C(O)(C(N)=O)c1ccccc1. The largest absolute Gasteiger partial charge is 0.424 e. The molecule has 0 radical (unpaired) electrons. The van der Waals surface area contributed by atoms with Crippen molar-refractivity contribution in [3.8, 4) is 5.75 Å². The predicted molar refractivity (Wildman–Crippen MR) is 100 cm³/mol. The number of aliphatic hydroxyl groups is 1. The second-order valence-corrected chi connectivity index (χ2v) is 6.21. The van der Waals surface area contributed by atoms with Crippen LogP contribution >= 0.6 is 0 Å². The molecule has 0 fully saturated rings. The lowest BCUT2D eigenvalue weighted by Crippen LogP contribution is -2.46. The van der Waals surface area contributed by atoms with Gasteiger partial charge in [-0.2, -0.15) is 0 Å². The Labute approximate surface area is 166 Å². The van der Waals surface area contributed by atoms with Gasteiger partial charge in [-0.05, 0) is 17.7 Å². The van der Waals surface area contributed by atoms with Crippen LogP contribution in [0, 0.1) is 5.82 Å². The molecule has 0 aliphatic heterocycles. The van der Waals surface area contributed by atoms with E-state index >= 15 is 0 Å². The number of nitrogens with one attached hydrogen (secondary N) is 1. The number of amides is 2. The molecule has 2 atom stereocenters. The highest BCUT2D eigenvalue weighted by atomic mass is 19.1. The number of hydrogen-bond donors (Lipinski definition) is 3. The van der Waals surface area contributed by atoms with Crippen LogP contribution in [-0.4, -0.2) is 42.6 Å². The van der Waals surface area contributed by atoms with E-state index in [0.29, 0.717) is 0 Å². The van der Waals surface area contributed by atoms with Crippen LogP contribution in [0.2, 0.25) is 0 Å². The molecule has 8 nitrogen and oxygen atoms in total. The average molecular weight is 404 g/mol. The third-order valence-corrected chi connectivity index (χ3v) is 4.09. The maximum Gasteiger partial charge on any atom is 0.336 e. The summed E-state index contributed by atoms with van der Waals surface area (Å²) in [7, 11) is 1.32. The molecule has 0 aliphatic carbocycles. The van der Waals surface area contributed by atoms with Crippen LogP contribution in [0.15, 0.2) is 48.5 Å².